The van der Waals surface area contributed by atoms with Gasteiger partial charge in [0.2, 0.25) is 0 Å². The van der Waals surface area contributed by atoms with Crippen molar-refractivity contribution < 1.29 is 24.2 Å². The molecule has 1 N–H and O–H groups in total. The van der Waals surface area contributed by atoms with Gasteiger partial charge < -0.3 is 19.3 Å². The van der Waals surface area contributed by atoms with Crippen LogP contribution >= 0.6 is 0 Å². The van der Waals surface area contributed by atoms with Crippen molar-refractivity contribution >= 4 is 5.69 Å². The second kappa shape index (κ2) is 8.75. The maximum absolute atomic E-state index is 10.9. The highest BCUT2D eigenvalue weighted by Crippen LogP contribution is 2.37. The molecule has 1 saturated carbocycles. The predicted octanol–water partition coefficient (Wildman–Crippen LogP) is 4.51. The van der Waals surface area contributed by atoms with Crippen molar-refractivity contribution in [1.82, 2.24) is 0 Å². The molecule has 0 heterocycles. The molecule has 3 rings (SSSR count). The summed E-state index contributed by atoms with van der Waals surface area (Å²) in [7, 11) is 3.23. The smallest absolute Gasteiger partial charge is 0.270 e. The van der Waals surface area contributed by atoms with Crippen LogP contribution in [0.2, 0.25) is 0 Å². The highest BCUT2D eigenvalue weighted by molar-refractivity contribution is 5.50. The average Bonchev–Trinajstić information content (AvgIpc) is 2.66. The highest BCUT2D eigenvalue weighted by atomic mass is 16.6. The maximum atomic E-state index is 10.9. The first-order valence-corrected chi connectivity index (χ1v) is 9.03. The van der Waals surface area contributed by atoms with E-state index in [9.17, 15) is 15.2 Å². The lowest BCUT2D eigenvalue weighted by molar-refractivity contribution is -0.385. The Morgan fingerprint density at radius 1 is 1.11 bits per heavy atom. The highest BCUT2D eigenvalue weighted by Gasteiger charge is 2.18. The van der Waals surface area contributed by atoms with Crippen molar-refractivity contribution in [2.24, 2.45) is 0 Å². The molecule has 0 spiro atoms. The number of aliphatic hydroxyl groups is 1. The van der Waals surface area contributed by atoms with E-state index in [-0.39, 0.29) is 12.3 Å². The summed E-state index contributed by atoms with van der Waals surface area (Å²) in [5, 5.41) is 20.5. The van der Waals surface area contributed by atoms with Crippen molar-refractivity contribution in [3.63, 3.8) is 0 Å². The van der Waals surface area contributed by atoms with Gasteiger partial charge in [-0.05, 0) is 48.6 Å². The fraction of sp³-hybridized carbons (Fsp3) is 0.333. The maximum Gasteiger partial charge on any atom is 0.270 e. The van der Waals surface area contributed by atoms with Gasteiger partial charge in [0.25, 0.3) is 5.69 Å². The summed E-state index contributed by atoms with van der Waals surface area (Å²) in [6.45, 7) is -0.376. The second-order valence-electron chi connectivity index (χ2n) is 6.56. The normalized spacial score (nSPS) is 12.9. The van der Waals surface area contributed by atoms with E-state index in [1.807, 2.05) is 18.2 Å². The minimum atomic E-state index is -0.510. The summed E-state index contributed by atoms with van der Waals surface area (Å²) >= 11 is 0. The van der Waals surface area contributed by atoms with E-state index in [1.54, 1.807) is 14.2 Å². The fourth-order valence-electron chi connectivity index (χ4n) is 3.09. The summed E-state index contributed by atoms with van der Waals surface area (Å²) in [5.74, 6) is 2.32. The van der Waals surface area contributed by atoms with Gasteiger partial charge in [-0.2, -0.15) is 0 Å². The number of benzene rings is 2. The molecule has 0 amide bonds. The van der Waals surface area contributed by atoms with Gasteiger partial charge in [0.05, 0.1) is 31.5 Å². The Bertz CT molecular complexity index is 900. The van der Waals surface area contributed by atoms with Crippen LogP contribution in [0, 0.1) is 10.1 Å². The summed E-state index contributed by atoms with van der Waals surface area (Å²) in [5.41, 5.74) is 2.57. The Hall–Kier alpha value is -3.06. The molecule has 1 fully saturated rings. The molecule has 0 aliphatic heterocycles. The zero-order valence-corrected chi connectivity index (χ0v) is 15.9. The summed E-state index contributed by atoms with van der Waals surface area (Å²) in [6, 6.07) is 9.75. The molecule has 0 bridgehead atoms. The van der Waals surface area contributed by atoms with Crippen molar-refractivity contribution in [3.05, 3.63) is 69.0 Å². The lowest BCUT2D eigenvalue weighted by atomic mass is 9.89. The zero-order valence-electron chi connectivity index (χ0n) is 15.9. The molecule has 2 aromatic carbocycles. The van der Waals surface area contributed by atoms with E-state index < -0.39 is 4.92 Å². The van der Waals surface area contributed by atoms with Gasteiger partial charge in [-0.3, -0.25) is 10.1 Å². The molecular weight excluding hydrogens is 362 g/mol. The average molecular weight is 385 g/mol. The molecule has 7 nitrogen and oxygen atoms in total. The first-order chi connectivity index (χ1) is 13.5. The molecule has 0 radical (unpaired) electrons. The van der Waals surface area contributed by atoms with E-state index >= 15 is 0 Å². The minimum absolute atomic E-state index is 0.103. The van der Waals surface area contributed by atoms with Crippen LogP contribution in [0.5, 0.6) is 17.2 Å². The minimum Gasteiger partial charge on any atom is -0.501 e. The monoisotopic (exact) mass is 385 g/mol. The number of nitro benzene ring substituents is 1. The largest absolute Gasteiger partial charge is 0.501 e. The van der Waals surface area contributed by atoms with E-state index in [4.69, 9.17) is 14.2 Å². The molecule has 0 atom stereocenters. The number of allylic oxidation sites excluding steroid dienone is 2. The molecule has 2 aromatic rings. The number of nitro groups is 1. The number of aliphatic hydroxyl groups excluding tert-OH is 1. The van der Waals surface area contributed by atoms with E-state index in [2.05, 4.69) is 0 Å². The van der Waals surface area contributed by atoms with Crippen molar-refractivity contribution in [2.75, 3.05) is 14.2 Å². The Kier molecular flexibility index (Phi) is 6.16. The van der Waals surface area contributed by atoms with Gasteiger partial charge in [0, 0.05) is 24.1 Å². The standard InChI is InChI=1S/C21H23NO6/c1-26-19-8-6-14(10-20(27-2)15-4-3-5-15)11-21(19)28-18-9-7-17(22(24)25)12-16(18)13-23/h6-9,11-12,23H,3-5,10,13H2,1-2H3. The summed E-state index contributed by atoms with van der Waals surface area (Å²) in [4.78, 5) is 10.4. The summed E-state index contributed by atoms with van der Waals surface area (Å²) < 4.78 is 16.9. The van der Waals surface area contributed by atoms with Crippen LogP contribution in [0.3, 0.4) is 0 Å². The van der Waals surface area contributed by atoms with Gasteiger partial charge in [-0.25, -0.2) is 0 Å². The van der Waals surface area contributed by atoms with Crippen LogP contribution in [-0.4, -0.2) is 24.2 Å². The molecule has 1 aliphatic rings. The molecular formula is C21H23NO6. The molecule has 0 saturated heterocycles. The van der Waals surface area contributed by atoms with Crippen LogP contribution in [0.25, 0.3) is 0 Å². The molecule has 7 heteroatoms. The van der Waals surface area contributed by atoms with Gasteiger partial charge >= 0.3 is 0 Å². The predicted molar refractivity (Wildman–Crippen MR) is 104 cm³/mol. The number of hydrogen-bond acceptors (Lipinski definition) is 6. The van der Waals surface area contributed by atoms with Gasteiger partial charge in [0.15, 0.2) is 11.5 Å². The number of rotatable bonds is 8. The Labute approximate surface area is 163 Å². The first kappa shape index (κ1) is 19.7. The topological polar surface area (TPSA) is 91.1 Å². The third kappa shape index (κ3) is 4.26. The van der Waals surface area contributed by atoms with Crippen molar-refractivity contribution in [3.8, 4) is 17.2 Å². The Balaban J connectivity index is 1.89. The number of hydrogen-bond donors (Lipinski definition) is 1. The van der Waals surface area contributed by atoms with Gasteiger partial charge in [0.1, 0.15) is 5.75 Å². The van der Waals surface area contributed by atoms with E-state index in [0.717, 1.165) is 24.2 Å². The second-order valence-corrected chi connectivity index (χ2v) is 6.56. The number of ether oxygens (including phenoxy) is 3. The van der Waals surface area contributed by atoms with Gasteiger partial charge in [-0.1, -0.05) is 6.07 Å². The van der Waals surface area contributed by atoms with Crippen LogP contribution < -0.4 is 9.47 Å². The quantitative estimate of drug-likeness (QED) is 0.408. The lowest BCUT2D eigenvalue weighted by Crippen LogP contribution is -2.06. The molecule has 0 unspecified atom stereocenters. The third-order valence-corrected chi connectivity index (χ3v) is 4.84. The van der Waals surface area contributed by atoms with E-state index in [0.29, 0.717) is 29.2 Å². The number of nitrogens with zero attached hydrogens (tertiary/aromatic N) is 1. The van der Waals surface area contributed by atoms with Crippen LogP contribution in [-0.2, 0) is 17.8 Å². The van der Waals surface area contributed by atoms with E-state index in [1.165, 1.54) is 30.2 Å². The SMILES string of the molecule is COC(Cc1ccc(OC)c(Oc2ccc([N+](=O)[O-])cc2CO)c1)=C1CCC1. The molecule has 1 aliphatic carbocycles. The Morgan fingerprint density at radius 2 is 1.86 bits per heavy atom. The first-order valence-electron chi connectivity index (χ1n) is 9.03. The van der Waals surface area contributed by atoms with Gasteiger partial charge in [-0.15, -0.1) is 0 Å². The van der Waals surface area contributed by atoms with Crippen LogP contribution in [0.1, 0.15) is 30.4 Å². The third-order valence-electron chi connectivity index (χ3n) is 4.84. The van der Waals surface area contributed by atoms with Crippen LogP contribution in [0.15, 0.2) is 47.7 Å². The molecule has 148 valence electrons. The fourth-order valence-corrected chi connectivity index (χ4v) is 3.09. The number of non-ortho nitro benzene ring substituents is 1. The Morgan fingerprint density at radius 3 is 2.43 bits per heavy atom. The van der Waals surface area contributed by atoms with Crippen molar-refractivity contribution in [2.45, 2.75) is 32.3 Å². The summed E-state index contributed by atoms with van der Waals surface area (Å²) in [6.07, 6.45) is 4.00. The molecule has 0 aromatic heterocycles. The van der Waals surface area contributed by atoms with Crippen molar-refractivity contribution in [1.29, 1.82) is 0 Å². The zero-order chi connectivity index (χ0) is 20.1. The lowest BCUT2D eigenvalue weighted by Gasteiger charge is -2.21. The molecule has 28 heavy (non-hydrogen) atoms. The van der Waals surface area contributed by atoms with Crippen LogP contribution in [0.4, 0.5) is 5.69 Å². The number of methoxy groups -OCH3 is 2.